The molecule has 0 amide bonds. The van der Waals surface area contributed by atoms with Crippen molar-refractivity contribution < 1.29 is 4.74 Å². The minimum atomic E-state index is -0.719. The highest BCUT2D eigenvalue weighted by Crippen LogP contribution is 2.13. The zero-order chi connectivity index (χ0) is 10.6. The third-order valence-electron chi connectivity index (χ3n) is 1.45. The van der Waals surface area contributed by atoms with Crippen LogP contribution in [0.2, 0.25) is 0 Å². The van der Waals surface area contributed by atoms with E-state index in [2.05, 4.69) is 15.9 Å². The number of nitrogens with zero attached hydrogens (tertiary/aromatic N) is 3. The van der Waals surface area contributed by atoms with Gasteiger partial charge in [-0.25, -0.2) is 9.97 Å². The molecule has 0 spiro atoms. The molecule has 0 aliphatic heterocycles. The fourth-order valence-electron chi connectivity index (χ4n) is 0.718. The van der Waals surface area contributed by atoms with E-state index in [1.165, 1.54) is 12.4 Å². The second kappa shape index (κ2) is 3.76. The molecule has 1 heterocycles. The van der Waals surface area contributed by atoms with E-state index in [0.29, 0.717) is 5.88 Å². The maximum Gasteiger partial charge on any atom is 0.233 e. The molecule has 14 heavy (non-hydrogen) atoms. The molecule has 0 N–H and O–H groups in total. The fraction of sp³-hybridized carbons (Fsp3) is 0.300. The highest BCUT2D eigenvalue weighted by molar-refractivity contribution is 5.19. The van der Waals surface area contributed by atoms with Gasteiger partial charge in [0, 0.05) is 0 Å². The molecule has 0 unspecified atom stereocenters. The molecule has 4 heteroatoms. The molecular weight excluding hydrogens is 178 g/mol. The van der Waals surface area contributed by atoms with Crippen LogP contribution in [-0.2, 0) is 0 Å². The molecule has 0 atom stereocenters. The van der Waals surface area contributed by atoms with Crippen LogP contribution in [0.3, 0.4) is 0 Å². The van der Waals surface area contributed by atoms with Gasteiger partial charge >= 0.3 is 0 Å². The molecule has 1 aromatic rings. The van der Waals surface area contributed by atoms with Crippen molar-refractivity contribution in [1.82, 2.24) is 9.97 Å². The Morgan fingerprint density at radius 1 is 1.43 bits per heavy atom. The van der Waals surface area contributed by atoms with Crippen LogP contribution in [0.15, 0.2) is 12.4 Å². The molecule has 0 fully saturated rings. The van der Waals surface area contributed by atoms with Gasteiger partial charge in [-0.1, -0.05) is 5.92 Å². The summed E-state index contributed by atoms with van der Waals surface area (Å²) in [7, 11) is 0. The summed E-state index contributed by atoms with van der Waals surface area (Å²) in [5.41, 5.74) is -0.473. The van der Waals surface area contributed by atoms with Gasteiger partial charge in [-0.05, 0) is 13.8 Å². The third-order valence-corrected chi connectivity index (χ3v) is 1.45. The third kappa shape index (κ3) is 2.46. The van der Waals surface area contributed by atoms with Crippen molar-refractivity contribution in [2.75, 3.05) is 0 Å². The summed E-state index contributed by atoms with van der Waals surface area (Å²) in [4.78, 5) is 7.68. The molecule has 0 radical (unpaired) electrons. The van der Waals surface area contributed by atoms with E-state index < -0.39 is 5.60 Å². The summed E-state index contributed by atoms with van der Waals surface area (Å²) in [5, 5.41) is 8.48. The number of aromatic nitrogens is 2. The van der Waals surface area contributed by atoms with Crippen molar-refractivity contribution in [3.05, 3.63) is 18.1 Å². The number of hydrogen-bond acceptors (Lipinski definition) is 4. The van der Waals surface area contributed by atoms with E-state index in [4.69, 9.17) is 16.4 Å². The van der Waals surface area contributed by atoms with Crippen LogP contribution < -0.4 is 4.74 Å². The van der Waals surface area contributed by atoms with Gasteiger partial charge in [0.1, 0.15) is 6.07 Å². The first-order valence-corrected chi connectivity index (χ1v) is 3.96. The van der Waals surface area contributed by atoms with E-state index in [0.717, 1.165) is 0 Å². The zero-order valence-corrected chi connectivity index (χ0v) is 7.98. The van der Waals surface area contributed by atoms with Gasteiger partial charge in [0.15, 0.2) is 11.3 Å². The predicted octanol–water partition coefficient (Wildman–Crippen LogP) is 1.14. The lowest BCUT2D eigenvalue weighted by atomic mass is 10.1. The number of hydrogen-bond donors (Lipinski definition) is 0. The highest BCUT2D eigenvalue weighted by Gasteiger charge is 2.16. The average molecular weight is 187 g/mol. The Labute approximate surface area is 82.6 Å². The van der Waals surface area contributed by atoms with E-state index in [1.54, 1.807) is 13.8 Å². The van der Waals surface area contributed by atoms with Crippen molar-refractivity contribution in [1.29, 1.82) is 5.26 Å². The number of terminal acetylenes is 1. The van der Waals surface area contributed by atoms with E-state index in [9.17, 15) is 0 Å². The molecule has 4 nitrogen and oxygen atoms in total. The van der Waals surface area contributed by atoms with Crippen molar-refractivity contribution in [3.63, 3.8) is 0 Å². The predicted molar refractivity (Wildman–Crippen MR) is 50.3 cm³/mol. The summed E-state index contributed by atoms with van der Waals surface area (Å²) >= 11 is 0. The van der Waals surface area contributed by atoms with E-state index in [-0.39, 0.29) is 5.69 Å². The minimum Gasteiger partial charge on any atom is -0.457 e. The summed E-state index contributed by atoms with van der Waals surface area (Å²) in [6.07, 6.45) is 7.94. The molecule has 0 aliphatic carbocycles. The van der Waals surface area contributed by atoms with Gasteiger partial charge < -0.3 is 4.74 Å². The maximum absolute atomic E-state index is 8.48. The fourth-order valence-corrected chi connectivity index (χ4v) is 0.718. The lowest BCUT2D eigenvalue weighted by molar-refractivity contribution is 0.164. The van der Waals surface area contributed by atoms with Gasteiger partial charge in [0.2, 0.25) is 5.88 Å². The first-order chi connectivity index (χ1) is 6.57. The smallest absolute Gasteiger partial charge is 0.233 e. The van der Waals surface area contributed by atoms with Crippen molar-refractivity contribution in [2.24, 2.45) is 0 Å². The van der Waals surface area contributed by atoms with Crippen molar-refractivity contribution in [3.8, 4) is 24.3 Å². The van der Waals surface area contributed by atoms with Crippen LogP contribution in [0.1, 0.15) is 19.5 Å². The van der Waals surface area contributed by atoms with Crippen molar-refractivity contribution in [2.45, 2.75) is 19.4 Å². The lowest BCUT2D eigenvalue weighted by Crippen LogP contribution is -2.26. The van der Waals surface area contributed by atoms with Crippen LogP contribution in [0.4, 0.5) is 0 Å². The molecular formula is C10H9N3O. The average Bonchev–Trinajstić information content (AvgIpc) is 2.19. The van der Waals surface area contributed by atoms with Crippen LogP contribution in [0, 0.1) is 23.7 Å². The van der Waals surface area contributed by atoms with Crippen LogP contribution in [0.5, 0.6) is 5.88 Å². The van der Waals surface area contributed by atoms with E-state index in [1.807, 2.05) is 6.07 Å². The van der Waals surface area contributed by atoms with E-state index >= 15 is 0 Å². The van der Waals surface area contributed by atoms with Gasteiger partial charge in [-0.3, -0.25) is 0 Å². The van der Waals surface area contributed by atoms with Gasteiger partial charge in [0.05, 0.1) is 12.4 Å². The summed E-state index contributed by atoms with van der Waals surface area (Å²) in [6, 6.07) is 1.86. The first-order valence-electron chi connectivity index (χ1n) is 3.96. The second-order valence-corrected chi connectivity index (χ2v) is 3.11. The molecule has 0 aliphatic rings. The molecule has 0 saturated carbocycles. The maximum atomic E-state index is 8.48. The van der Waals surface area contributed by atoms with Gasteiger partial charge in [-0.15, -0.1) is 6.42 Å². The lowest BCUT2D eigenvalue weighted by Gasteiger charge is -2.18. The van der Waals surface area contributed by atoms with Gasteiger partial charge in [0.25, 0.3) is 0 Å². The molecule has 0 bridgehead atoms. The van der Waals surface area contributed by atoms with Crippen molar-refractivity contribution >= 4 is 0 Å². The second-order valence-electron chi connectivity index (χ2n) is 3.11. The Bertz CT molecular complexity index is 395. The van der Waals surface area contributed by atoms with Crippen LogP contribution >= 0.6 is 0 Å². The quantitative estimate of drug-likeness (QED) is 0.651. The monoisotopic (exact) mass is 187 g/mol. The molecule has 1 rings (SSSR count). The molecule has 1 aromatic heterocycles. The normalized spacial score (nSPS) is 10.0. The number of ether oxygens (including phenoxy) is 1. The Morgan fingerprint density at radius 3 is 2.57 bits per heavy atom. The number of nitriles is 1. The van der Waals surface area contributed by atoms with Crippen LogP contribution in [-0.4, -0.2) is 15.6 Å². The van der Waals surface area contributed by atoms with Gasteiger partial charge in [-0.2, -0.15) is 5.26 Å². The zero-order valence-electron chi connectivity index (χ0n) is 7.98. The Hall–Kier alpha value is -2.07. The first kappa shape index (κ1) is 10.0. The largest absolute Gasteiger partial charge is 0.457 e. The summed E-state index contributed by atoms with van der Waals surface area (Å²) in [6.45, 7) is 3.49. The standard InChI is InChI=1S/C10H9N3O/c1-4-10(2,3)14-9-7-12-8(5-11)6-13-9/h1,6-7H,2-3H3. The summed E-state index contributed by atoms with van der Waals surface area (Å²) in [5.74, 6) is 2.78. The van der Waals surface area contributed by atoms with Crippen LogP contribution in [0.25, 0.3) is 0 Å². The molecule has 0 saturated heterocycles. The Balaban J connectivity index is 2.81. The topological polar surface area (TPSA) is 58.8 Å². The Kier molecular flexibility index (Phi) is 2.69. The molecule has 70 valence electrons. The SMILES string of the molecule is C#CC(C)(C)Oc1cnc(C#N)cn1. The highest BCUT2D eigenvalue weighted by atomic mass is 16.5. The number of rotatable bonds is 2. The minimum absolute atomic E-state index is 0.246. The molecule has 0 aromatic carbocycles. The Morgan fingerprint density at radius 2 is 2.14 bits per heavy atom. The summed E-state index contributed by atoms with van der Waals surface area (Å²) < 4.78 is 5.33.